The van der Waals surface area contributed by atoms with Crippen LogP contribution in [0, 0.1) is 0 Å². The van der Waals surface area contributed by atoms with E-state index in [4.69, 9.17) is 4.74 Å². The van der Waals surface area contributed by atoms with Gasteiger partial charge in [-0.2, -0.15) is 0 Å². The van der Waals surface area contributed by atoms with Crippen molar-refractivity contribution in [1.29, 1.82) is 0 Å². The molecule has 0 aromatic rings. The van der Waals surface area contributed by atoms with Crippen LogP contribution < -0.4 is 5.32 Å². The summed E-state index contributed by atoms with van der Waals surface area (Å²) in [6.07, 6.45) is 6.73. The summed E-state index contributed by atoms with van der Waals surface area (Å²) in [5.74, 6) is -0.0801. The molecule has 0 unspecified atom stereocenters. The number of hydrogen-bond acceptors (Lipinski definition) is 4. The summed E-state index contributed by atoms with van der Waals surface area (Å²) in [5.41, 5.74) is -0.355. The summed E-state index contributed by atoms with van der Waals surface area (Å²) in [6, 6.07) is 0.692. The van der Waals surface area contributed by atoms with Crippen molar-refractivity contribution in [3.63, 3.8) is 0 Å². The average molecular weight is 240 g/mol. The fraction of sp³-hybridized carbons (Fsp3) is 0.923. The molecule has 0 aromatic heterocycles. The molecule has 98 valence electrons. The molecule has 4 nitrogen and oxygen atoms in total. The molecule has 0 spiro atoms. The highest BCUT2D eigenvalue weighted by Gasteiger charge is 2.44. The maximum absolute atomic E-state index is 11.7. The van der Waals surface area contributed by atoms with E-state index in [1.54, 1.807) is 0 Å². The van der Waals surface area contributed by atoms with Crippen molar-refractivity contribution >= 4 is 5.97 Å². The fourth-order valence-electron chi connectivity index (χ4n) is 3.00. The van der Waals surface area contributed by atoms with Gasteiger partial charge in [-0.15, -0.1) is 0 Å². The molecule has 1 aliphatic carbocycles. The average Bonchev–Trinajstić information content (AvgIpc) is 2.67. The van der Waals surface area contributed by atoms with Crippen LogP contribution in [-0.2, 0) is 9.53 Å². The van der Waals surface area contributed by atoms with Crippen LogP contribution >= 0.6 is 0 Å². The summed E-state index contributed by atoms with van der Waals surface area (Å²) in [4.78, 5) is 14.1. The third kappa shape index (κ3) is 2.63. The first-order valence-electron chi connectivity index (χ1n) is 6.72. The van der Waals surface area contributed by atoms with E-state index in [0.29, 0.717) is 6.04 Å². The number of esters is 1. The van der Waals surface area contributed by atoms with E-state index in [9.17, 15) is 4.79 Å². The Bertz CT molecular complexity index is 277. The molecule has 2 fully saturated rings. The standard InChI is InChI=1S/C13H24N2O2/c1-15-10-3-5-11(15)6-9-14-13(7-4-8-13)12(16)17-2/h11,14H,3-10H2,1-2H3/t11-/m0/s1. The van der Waals surface area contributed by atoms with Crippen LogP contribution in [0.5, 0.6) is 0 Å². The SMILES string of the molecule is COC(=O)C1(NCC[C@@H]2CCCN2C)CCC1. The second-order valence-corrected chi connectivity index (χ2v) is 5.42. The van der Waals surface area contributed by atoms with Gasteiger partial charge in [0.05, 0.1) is 7.11 Å². The van der Waals surface area contributed by atoms with Crippen molar-refractivity contribution in [3.05, 3.63) is 0 Å². The van der Waals surface area contributed by atoms with E-state index >= 15 is 0 Å². The molecule has 0 bridgehead atoms. The Kier molecular flexibility index (Phi) is 4.05. The number of nitrogens with zero attached hydrogens (tertiary/aromatic N) is 1. The van der Waals surface area contributed by atoms with Gasteiger partial charge in [-0.3, -0.25) is 4.79 Å². The van der Waals surface area contributed by atoms with E-state index in [1.807, 2.05) is 0 Å². The van der Waals surface area contributed by atoms with Gasteiger partial charge < -0.3 is 15.0 Å². The Morgan fingerprint density at radius 1 is 1.47 bits per heavy atom. The van der Waals surface area contributed by atoms with Gasteiger partial charge in [0.15, 0.2) is 0 Å². The van der Waals surface area contributed by atoms with Gasteiger partial charge in [-0.05, 0) is 58.7 Å². The minimum absolute atomic E-state index is 0.0801. The van der Waals surface area contributed by atoms with E-state index < -0.39 is 0 Å². The van der Waals surface area contributed by atoms with Crippen molar-refractivity contribution in [2.75, 3.05) is 27.2 Å². The van der Waals surface area contributed by atoms with Crippen molar-refractivity contribution in [2.45, 2.75) is 50.1 Å². The Balaban J connectivity index is 1.75. The maximum atomic E-state index is 11.7. The summed E-state index contributed by atoms with van der Waals surface area (Å²) < 4.78 is 4.89. The predicted octanol–water partition coefficient (Wildman–Crippen LogP) is 1.16. The second kappa shape index (κ2) is 5.36. The van der Waals surface area contributed by atoms with Crippen LogP contribution in [-0.4, -0.2) is 49.7 Å². The normalized spacial score (nSPS) is 27.8. The zero-order valence-electron chi connectivity index (χ0n) is 11.0. The number of carbonyl (C=O) groups is 1. The van der Waals surface area contributed by atoms with E-state index in [2.05, 4.69) is 17.3 Å². The van der Waals surface area contributed by atoms with E-state index in [0.717, 1.165) is 32.2 Å². The number of nitrogens with one attached hydrogen (secondary N) is 1. The fourth-order valence-corrected chi connectivity index (χ4v) is 3.00. The van der Waals surface area contributed by atoms with Crippen LogP contribution in [0.1, 0.15) is 38.5 Å². The number of ether oxygens (including phenoxy) is 1. The first-order valence-corrected chi connectivity index (χ1v) is 6.72. The van der Waals surface area contributed by atoms with Gasteiger partial charge in [0.25, 0.3) is 0 Å². The first kappa shape index (κ1) is 12.8. The highest BCUT2D eigenvalue weighted by atomic mass is 16.5. The predicted molar refractivity (Wildman–Crippen MR) is 66.9 cm³/mol. The maximum Gasteiger partial charge on any atom is 0.326 e. The van der Waals surface area contributed by atoms with Crippen LogP contribution in [0.3, 0.4) is 0 Å². The second-order valence-electron chi connectivity index (χ2n) is 5.42. The Labute approximate surface area is 104 Å². The molecule has 1 saturated heterocycles. The highest BCUT2D eigenvalue weighted by Crippen LogP contribution is 2.33. The molecule has 1 heterocycles. The molecule has 2 aliphatic rings. The number of rotatable bonds is 5. The van der Waals surface area contributed by atoms with Crippen molar-refractivity contribution in [1.82, 2.24) is 10.2 Å². The molecular weight excluding hydrogens is 216 g/mol. The lowest BCUT2D eigenvalue weighted by Gasteiger charge is -2.40. The van der Waals surface area contributed by atoms with Gasteiger partial charge >= 0.3 is 5.97 Å². The quantitative estimate of drug-likeness (QED) is 0.732. The Hall–Kier alpha value is -0.610. The highest BCUT2D eigenvalue weighted by molar-refractivity contribution is 5.81. The topological polar surface area (TPSA) is 41.6 Å². The van der Waals surface area contributed by atoms with E-state index in [-0.39, 0.29) is 11.5 Å². The van der Waals surface area contributed by atoms with Crippen LogP contribution in [0.25, 0.3) is 0 Å². The van der Waals surface area contributed by atoms with Crippen molar-refractivity contribution in [3.8, 4) is 0 Å². The van der Waals surface area contributed by atoms with Gasteiger partial charge in [0, 0.05) is 6.04 Å². The van der Waals surface area contributed by atoms with E-state index in [1.165, 1.54) is 26.5 Å². The minimum Gasteiger partial charge on any atom is -0.468 e. The van der Waals surface area contributed by atoms with Gasteiger partial charge in [-0.25, -0.2) is 0 Å². The molecule has 0 amide bonds. The molecule has 17 heavy (non-hydrogen) atoms. The van der Waals surface area contributed by atoms with Gasteiger partial charge in [0.1, 0.15) is 5.54 Å². The van der Waals surface area contributed by atoms with Gasteiger partial charge in [-0.1, -0.05) is 0 Å². The first-order chi connectivity index (χ1) is 8.18. The van der Waals surface area contributed by atoms with Gasteiger partial charge in [0.2, 0.25) is 0 Å². The lowest BCUT2D eigenvalue weighted by Crippen LogP contribution is -2.58. The smallest absolute Gasteiger partial charge is 0.326 e. The summed E-state index contributed by atoms with van der Waals surface area (Å²) in [6.45, 7) is 2.14. The monoisotopic (exact) mass is 240 g/mol. The van der Waals surface area contributed by atoms with Crippen LogP contribution in [0.15, 0.2) is 0 Å². The zero-order valence-corrected chi connectivity index (χ0v) is 11.0. The molecule has 1 N–H and O–H groups in total. The number of carbonyl (C=O) groups excluding carboxylic acids is 1. The molecule has 1 atom stereocenters. The van der Waals surface area contributed by atoms with Crippen LogP contribution in [0.4, 0.5) is 0 Å². The van der Waals surface area contributed by atoms with Crippen molar-refractivity contribution < 1.29 is 9.53 Å². The number of methoxy groups -OCH3 is 1. The lowest BCUT2D eigenvalue weighted by atomic mass is 9.76. The minimum atomic E-state index is -0.355. The Morgan fingerprint density at radius 3 is 2.71 bits per heavy atom. The largest absolute Gasteiger partial charge is 0.468 e. The molecule has 0 radical (unpaired) electrons. The summed E-state index contributed by atoms with van der Waals surface area (Å²) in [7, 11) is 3.67. The zero-order chi connectivity index (χ0) is 12.3. The third-order valence-electron chi connectivity index (χ3n) is 4.40. The van der Waals surface area contributed by atoms with Crippen molar-refractivity contribution in [2.24, 2.45) is 0 Å². The molecule has 0 aromatic carbocycles. The lowest BCUT2D eigenvalue weighted by molar-refractivity contribution is -0.152. The molecular formula is C13H24N2O2. The van der Waals surface area contributed by atoms with Crippen LogP contribution in [0.2, 0.25) is 0 Å². The summed E-state index contributed by atoms with van der Waals surface area (Å²) in [5, 5.41) is 3.43. The third-order valence-corrected chi connectivity index (χ3v) is 4.40. The molecule has 1 aliphatic heterocycles. The molecule has 4 heteroatoms. The summed E-state index contributed by atoms with van der Waals surface area (Å²) >= 11 is 0. The molecule has 1 saturated carbocycles. The Morgan fingerprint density at radius 2 is 2.24 bits per heavy atom. The number of likely N-dealkylation sites (tertiary alicyclic amines) is 1. The molecule has 2 rings (SSSR count). The number of hydrogen-bond donors (Lipinski definition) is 1.